The zero-order chi connectivity index (χ0) is 51.7. The van der Waals surface area contributed by atoms with Crippen LogP contribution in [-0.2, 0) is 0 Å². The van der Waals surface area contributed by atoms with E-state index in [-0.39, 0.29) is 12.6 Å². The molecule has 15 rings (SSSR count). The highest BCUT2D eigenvalue weighted by Gasteiger charge is 2.46. The first-order valence-electron chi connectivity index (χ1n) is 27.5. The summed E-state index contributed by atoms with van der Waals surface area (Å²) in [5, 5.41) is 2.50. The number of hydrogen-bond donors (Lipinski definition) is 0. The van der Waals surface area contributed by atoms with Gasteiger partial charge in [-0.05, 0) is 155 Å². The summed E-state index contributed by atoms with van der Waals surface area (Å²) in [4.78, 5) is 7.65. The molecule has 0 spiro atoms. The van der Waals surface area contributed by atoms with Crippen molar-refractivity contribution in [1.82, 2.24) is 4.57 Å². The lowest BCUT2D eigenvalue weighted by molar-refractivity contribution is 0.789. The third-order valence-electron chi connectivity index (χ3n) is 16.7. The summed E-state index contributed by atoms with van der Waals surface area (Å²) in [6, 6.07) is 92.3. The van der Waals surface area contributed by atoms with E-state index in [0.717, 1.165) is 59.1 Å². The van der Waals surface area contributed by atoms with Crippen LogP contribution in [0.5, 0.6) is 0 Å². The van der Waals surface area contributed by atoms with E-state index in [1.807, 2.05) is 0 Å². The predicted octanol–water partition coefficient (Wildman–Crippen LogP) is 18.1. The number of nitrogens with zero attached hydrogens (tertiary/aromatic N) is 4. The van der Waals surface area contributed by atoms with Gasteiger partial charge < -0.3 is 19.3 Å². The number of benzene rings is 10. The van der Waals surface area contributed by atoms with Crippen LogP contribution in [0.3, 0.4) is 0 Å². The fourth-order valence-electron chi connectivity index (χ4n) is 13.0. The molecule has 0 amide bonds. The van der Waals surface area contributed by atoms with Gasteiger partial charge in [-0.25, -0.2) is 0 Å². The monoisotopic (exact) mass is 998 g/mol. The molecule has 2 aliphatic heterocycles. The van der Waals surface area contributed by atoms with Crippen LogP contribution in [0.25, 0.3) is 44.2 Å². The Hall–Kier alpha value is -9.58. The molecule has 4 aliphatic rings. The highest BCUT2D eigenvalue weighted by atomic mass is 15.2. The zero-order valence-corrected chi connectivity index (χ0v) is 43.5. The van der Waals surface area contributed by atoms with Gasteiger partial charge in [-0.1, -0.05) is 194 Å². The Morgan fingerprint density at radius 3 is 1.62 bits per heavy atom. The van der Waals surface area contributed by atoms with E-state index in [0.29, 0.717) is 0 Å². The lowest BCUT2D eigenvalue weighted by Crippen LogP contribution is -2.56. The van der Waals surface area contributed by atoms with Crippen molar-refractivity contribution in [2.45, 2.75) is 32.1 Å². The molecule has 1 atom stereocenters. The number of allylic oxidation sites excluding steroid dienone is 8. The summed E-state index contributed by atoms with van der Waals surface area (Å²) in [5.41, 5.74) is 25.6. The molecule has 1 unspecified atom stereocenters. The molecule has 0 saturated heterocycles. The van der Waals surface area contributed by atoms with Crippen LogP contribution in [0.15, 0.2) is 290 Å². The molecule has 370 valence electrons. The first-order chi connectivity index (χ1) is 38.6. The van der Waals surface area contributed by atoms with Crippen molar-refractivity contribution in [2.24, 2.45) is 0 Å². The van der Waals surface area contributed by atoms with Crippen molar-refractivity contribution >= 4 is 90.5 Å². The van der Waals surface area contributed by atoms with Gasteiger partial charge in [0.05, 0.1) is 16.7 Å². The van der Waals surface area contributed by atoms with E-state index >= 15 is 0 Å². The maximum atomic E-state index is 2.63. The van der Waals surface area contributed by atoms with E-state index in [4.69, 9.17) is 0 Å². The minimum atomic E-state index is -0.0612. The largest absolute Gasteiger partial charge is 0.315 e. The molecular weight excluding hydrogens is 944 g/mol. The average molecular weight is 999 g/mol. The van der Waals surface area contributed by atoms with E-state index in [1.54, 1.807) is 0 Å². The Labute approximate surface area is 457 Å². The van der Waals surface area contributed by atoms with Crippen LogP contribution >= 0.6 is 0 Å². The third kappa shape index (κ3) is 7.68. The standard InChI is InChI=1S/C73H55BN4/c1-50-30-32-53(33-31-50)55-36-41-60(42-37-55)77-70-47-61(78-67-28-16-14-26-63(67)64-27-15-17-29-68(64)78)43-45-66(70)74-65-44-38-56(52-20-8-3-9-21-52)46-69(65)76(59-39-34-54(35-40-59)51-18-6-2-7-19-51)71-48-62(49-72(77)73(71)74)75(57-22-10-4-11-23-57)58-24-12-5-13-25-58/h2-30,32,34-45,47-49,56H,31,33,46H2,1H3. The Bertz CT molecular complexity index is 4140. The summed E-state index contributed by atoms with van der Waals surface area (Å²) in [5.74, 6) is 0.194. The topological polar surface area (TPSA) is 14.7 Å². The molecule has 78 heavy (non-hydrogen) atoms. The van der Waals surface area contributed by atoms with E-state index < -0.39 is 0 Å². The maximum absolute atomic E-state index is 2.63. The van der Waals surface area contributed by atoms with Gasteiger partial charge in [0.25, 0.3) is 6.71 Å². The molecule has 3 heterocycles. The highest BCUT2D eigenvalue weighted by molar-refractivity contribution is 6.95. The molecule has 10 aromatic carbocycles. The summed E-state index contributed by atoms with van der Waals surface area (Å²) < 4.78 is 2.47. The van der Waals surface area contributed by atoms with Gasteiger partial charge in [-0.2, -0.15) is 0 Å². The van der Waals surface area contributed by atoms with Crippen molar-refractivity contribution < 1.29 is 0 Å². The molecule has 1 aromatic heterocycles. The van der Waals surface area contributed by atoms with Gasteiger partial charge in [-0.15, -0.1) is 0 Å². The molecule has 0 fully saturated rings. The van der Waals surface area contributed by atoms with Gasteiger partial charge in [0.1, 0.15) is 0 Å². The van der Waals surface area contributed by atoms with Crippen molar-refractivity contribution in [2.75, 3.05) is 14.7 Å². The summed E-state index contributed by atoms with van der Waals surface area (Å²) in [7, 11) is 0. The second kappa shape index (κ2) is 18.9. The normalized spacial score (nSPS) is 15.4. The Morgan fingerprint density at radius 2 is 0.987 bits per heavy atom. The number of aromatic nitrogens is 1. The average Bonchev–Trinajstić information content (AvgIpc) is 3.90. The molecule has 0 radical (unpaired) electrons. The maximum Gasteiger partial charge on any atom is 0.251 e. The quantitative estimate of drug-likeness (QED) is 0.134. The molecular formula is C73H55BN4. The number of hydrogen-bond acceptors (Lipinski definition) is 3. The van der Waals surface area contributed by atoms with Crippen LogP contribution in [0, 0.1) is 0 Å². The molecule has 0 saturated carbocycles. The fourth-order valence-corrected chi connectivity index (χ4v) is 13.0. The van der Waals surface area contributed by atoms with E-state index in [2.05, 4.69) is 299 Å². The van der Waals surface area contributed by atoms with Gasteiger partial charge in [-0.3, -0.25) is 0 Å². The fraction of sp³-hybridized carbons (Fsp3) is 0.0685. The van der Waals surface area contributed by atoms with Gasteiger partial charge >= 0.3 is 0 Å². The van der Waals surface area contributed by atoms with Crippen LogP contribution < -0.4 is 25.6 Å². The Balaban J connectivity index is 1.03. The minimum absolute atomic E-state index is 0.0612. The Kier molecular flexibility index (Phi) is 11.1. The molecule has 2 aliphatic carbocycles. The number of fused-ring (bicyclic) bond motifs is 6. The number of para-hydroxylation sites is 4. The summed E-state index contributed by atoms with van der Waals surface area (Å²) >= 11 is 0. The minimum Gasteiger partial charge on any atom is -0.315 e. The molecule has 0 N–H and O–H groups in total. The first-order valence-corrected chi connectivity index (χ1v) is 27.5. The first kappa shape index (κ1) is 45.8. The lowest BCUT2D eigenvalue weighted by atomic mass is 9.32. The van der Waals surface area contributed by atoms with E-state index in [1.165, 1.54) is 88.7 Å². The van der Waals surface area contributed by atoms with Crippen LogP contribution in [0.1, 0.15) is 43.2 Å². The highest BCUT2D eigenvalue weighted by Crippen LogP contribution is 2.51. The van der Waals surface area contributed by atoms with Crippen molar-refractivity contribution in [3.05, 3.63) is 301 Å². The SMILES string of the molecule is CC1=CC=C(c2ccc(N3c4cc(-n5c6ccccc6c6ccccc65)ccc4B4C5=C(CC(c6ccccc6)C=C5)N(c5ccc(-c6ccccc6)cc5)c5cc(N(c6ccccc6)c6ccccc6)cc3c54)cc2)CC1. The lowest BCUT2D eigenvalue weighted by Gasteiger charge is -2.47. The second-order valence-corrected chi connectivity index (χ2v) is 21.3. The van der Waals surface area contributed by atoms with Gasteiger partial charge in [0, 0.05) is 67.9 Å². The van der Waals surface area contributed by atoms with Crippen molar-refractivity contribution in [3.63, 3.8) is 0 Å². The Morgan fingerprint density at radius 1 is 0.449 bits per heavy atom. The summed E-state index contributed by atoms with van der Waals surface area (Å²) in [6.45, 7) is 2.18. The molecule has 11 aromatic rings. The molecule has 0 bridgehead atoms. The molecule has 5 heteroatoms. The second-order valence-electron chi connectivity index (χ2n) is 21.3. The van der Waals surface area contributed by atoms with Crippen molar-refractivity contribution in [1.29, 1.82) is 0 Å². The van der Waals surface area contributed by atoms with Crippen LogP contribution in [0.4, 0.5) is 45.5 Å². The van der Waals surface area contributed by atoms with Crippen LogP contribution in [-0.4, -0.2) is 11.3 Å². The smallest absolute Gasteiger partial charge is 0.251 e. The number of anilines is 8. The van der Waals surface area contributed by atoms with Gasteiger partial charge in [0.15, 0.2) is 0 Å². The van der Waals surface area contributed by atoms with Crippen LogP contribution in [0.2, 0.25) is 0 Å². The summed E-state index contributed by atoms with van der Waals surface area (Å²) in [6.07, 6.45) is 12.5. The molecule has 4 nitrogen and oxygen atoms in total. The van der Waals surface area contributed by atoms with E-state index in [9.17, 15) is 0 Å². The predicted molar refractivity (Wildman–Crippen MR) is 330 cm³/mol. The number of rotatable bonds is 9. The van der Waals surface area contributed by atoms with Crippen molar-refractivity contribution in [3.8, 4) is 16.8 Å². The zero-order valence-electron chi connectivity index (χ0n) is 43.5. The van der Waals surface area contributed by atoms with Gasteiger partial charge in [0.2, 0.25) is 0 Å². The third-order valence-corrected chi connectivity index (χ3v) is 16.7.